The summed E-state index contributed by atoms with van der Waals surface area (Å²) in [4.78, 5) is 25.7. The number of halogens is 1. The lowest BCUT2D eigenvalue weighted by atomic mass is 10.0. The van der Waals surface area contributed by atoms with Crippen LogP contribution in [0.3, 0.4) is 0 Å². The minimum absolute atomic E-state index is 0.252. The summed E-state index contributed by atoms with van der Waals surface area (Å²) in [5, 5.41) is 9.79. The highest BCUT2D eigenvalue weighted by atomic mass is 19.1. The van der Waals surface area contributed by atoms with Gasteiger partial charge in [0.15, 0.2) is 0 Å². The minimum Gasteiger partial charge on any atom is -0.489 e. The second-order valence-corrected chi connectivity index (χ2v) is 8.27. The van der Waals surface area contributed by atoms with Crippen molar-refractivity contribution in [2.24, 2.45) is 0 Å². The number of carbonyl (C=O) groups is 2. The number of carbonyl (C=O) groups excluding carboxylic acids is 1. The molecule has 172 valence electrons. The van der Waals surface area contributed by atoms with E-state index in [1.54, 1.807) is 30.3 Å². The van der Waals surface area contributed by atoms with Crippen LogP contribution in [0, 0.1) is 5.82 Å². The molecule has 1 aliphatic heterocycles. The van der Waals surface area contributed by atoms with E-state index >= 15 is 0 Å². The Balaban J connectivity index is 1.28. The van der Waals surface area contributed by atoms with Crippen molar-refractivity contribution < 1.29 is 28.2 Å². The number of hydrogen-bond donors (Lipinski definition) is 1. The first kappa shape index (κ1) is 21.7. The molecular formula is C27H22FNO5. The number of ether oxygens (including phenoxy) is 1. The van der Waals surface area contributed by atoms with E-state index in [4.69, 9.17) is 9.15 Å². The fraction of sp³-hybridized carbons (Fsp3) is 0.185. The number of benzene rings is 3. The average Bonchev–Trinajstić information content (AvgIpc) is 3.54. The molecule has 1 N–H and O–H groups in total. The van der Waals surface area contributed by atoms with E-state index in [0.717, 1.165) is 16.7 Å². The second-order valence-electron chi connectivity index (χ2n) is 8.27. The molecule has 1 saturated heterocycles. The number of likely N-dealkylation sites (tertiary alicyclic amines) is 1. The number of amides is 1. The molecule has 0 radical (unpaired) electrons. The topological polar surface area (TPSA) is 80.0 Å². The van der Waals surface area contributed by atoms with Crippen LogP contribution >= 0.6 is 0 Å². The SMILES string of the molecule is O=C(O)[C@@H]1CCCN1C(=O)c1cccc(COc2ccc(-c3ccc(F)c4ccoc34)cc2)c1. The molecule has 3 aromatic carbocycles. The van der Waals surface area contributed by atoms with E-state index in [1.165, 1.54) is 17.2 Å². The molecule has 0 saturated carbocycles. The fourth-order valence-corrected chi connectivity index (χ4v) is 4.38. The molecule has 5 rings (SSSR count). The van der Waals surface area contributed by atoms with Gasteiger partial charge in [0.1, 0.15) is 29.8 Å². The minimum atomic E-state index is -0.970. The van der Waals surface area contributed by atoms with Crippen molar-refractivity contribution in [1.82, 2.24) is 4.90 Å². The lowest BCUT2D eigenvalue weighted by Gasteiger charge is -2.21. The standard InChI is InChI=1S/C27H22FNO5/c28-23-11-10-21(25-22(23)12-14-33-25)18-6-8-20(9-7-18)34-16-17-3-1-4-19(15-17)26(30)29-13-2-5-24(29)27(31)32/h1,3-4,6-12,14-15,24H,2,5,13,16H2,(H,31,32)/t24-/m0/s1. The summed E-state index contributed by atoms with van der Waals surface area (Å²) in [5.41, 5.74) is 3.41. The van der Waals surface area contributed by atoms with Crippen LogP contribution in [0.2, 0.25) is 0 Å². The zero-order valence-corrected chi connectivity index (χ0v) is 18.2. The highest BCUT2D eigenvalue weighted by molar-refractivity contribution is 5.97. The maximum Gasteiger partial charge on any atom is 0.326 e. The van der Waals surface area contributed by atoms with Crippen LogP contribution in [0.5, 0.6) is 5.75 Å². The predicted molar refractivity (Wildman–Crippen MR) is 124 cm³/mol. The molecule has 6 nitrogen and oxygen atoms in total. The zero-order valence-electron chi connectivity index (χ0n) is 18.2. The largest absolute Gasteiger partial charge is 0.489 e. The van der Waals surface area contributed by atoms with Gasteiger partial charge >= 0.3 is 5.97 Å². The molecular weight excluding hydrogens is 437 g/mol. The summed E-state index contributed by atoms with van der Waals surface area (Å²) < 4.78 is 25.3. The molecule has 0 aliphatic carbocycles. The average molecular weight is 459 g/mol. The van der Waals surface area contributed by atoms with Gasteiger partial charge in [0.05, 0.1) is 11.6 Å². The van der Waals surface area contributed by atoms with Crippen molar-refractivity contribution >= 4 is 22.8 Å². The Labute approximate surface area is 195 Å². The Morgan fingerprint density at radius 1 is 1.09 bits per heavy atom. The van der Waals surface area contributed by atoms with Gasteiger partial charge < -0.3 is 19.2 Å². The molecule has 0 spiro atoms. The molecule has 0 bridgehead atoms. The van der Waals surface area contributed by atoms with Crippen molar-refractivity contribution in [1.29, 1.82) is 0 Å². The number of aliphatic carboxylic acids is 1. The molecule has 1 aliphatic rings. The summed E-state index contributed by atoms with van der Waals surface area (Å²) in [6, 6.07) is 18.4. The smallest absolute Gasteiger partial charge is 0.326 e. The molecule has 1 fully saturated rings. The monoisotopic (exact) mass is 459 g/mol. The highest BCUT2D eigenvalue weighted by Crippen LogP contribution is 2.32. The van der Waals surface area contributed by atoms with E-state index in [2.05, 4.69) is 0 Å². The van der Waals surface area contributed by atoms with Gasteiger partial charge in [-0.3, -0.25) is 4.79 Å². The molecule has 0 unspecified atom stereocenters. The maximum atomic E-state index is 13.9. The van der Waals surface area contributed by atoms with Crippen molar-refractivity contribution in [2.45, 2.75) is 25.5 Å². The number of carboxylic acids is 1. The normalized spacial score (nSPS) is 15.6. The van der Waals surface area contributed by atoms with E-state index in [-0.39, 0.29) is 18.3 Å². The van der Waals surface area contributed by atoms with E-state index in [0.29, 0.717) is 41.7 Å². The van der Waals surface area contributed by atoms with E-state index in [9.17, 15) is 19.1 Å². The molecule has 7 heteroatoms. The van der Waals surface area contributed by atoms with Crippen molar-refractivity contribution in [3.05, 3.63) is 89.9 Å². The van der Waals surface area contributed by atoms with E-state index in [1.807, 2.05) is 30.3 Å². The molecule has 1 atom stereocenters. The summed E-state index contributed by atoms with van der Waals surface area (Å²) in [6.07, 6.45) is 2.63. The van der Waals surface area contributed by atoms with Gasteiger partial charge in [-0.2, -0.15) is 0 Å². The van der Waals surface area contributed by atoms with Crippen LogP contribution in [0.4, 0.5) is 4.39 Å². The Morgan fingerprint density at radius 3 is 2.71 bits per heavy atom. The molecule has 1 aromatic heterocycles. The van der Waals surface area contributed by atoms with Crippen LogP contribution in [-0.2, 0) is 11.4 Å². The molecule has 4 aromatic rings. The van der Waals surface area contributed by atoms with Crippen LogP contribution in [0.25, 0.3) is 22.1 Å². The van der Waals surface area contributed by atoms with Gasteiger partial charge in [-0.1, -0.05) is 24.3 Å². The van der Waals surface area contributed by atoms with Gasteiger partial charge in [-0.15, -0.1) is 0 Å². The van der Waals surface area contributed by atoms with Gasteiger partial charge in [0, 0.05) is 17.7 Å². The van der Waals surface area contributed by atoms with Gasteiger partial charge in [0.25, 0.3) is 5.91 Å². The molecule has 34 heavy (non-hydrogen) atoms. The zero-order chi connectivity index (χ0) is 23.7. The van der Waals surface area contributed by atoms with Crippen molar-refractivity contribution in [2.75, 3.05) is 6.54 Å². The van der Waals surface area contributed by atoms with Gasteiger partial charge in [-0.05, 0) is 66.4 Å². The fourth-order valence-electron chi connectivity index (χ4n) is 4.38. The number of fused-ring (bicyclic) bond motifs is 1. The molecule has 2 heterocycles. The van der Waals surface area contributed by atoms with Gasteiger partial charge in [-0.25, -0.2) is 9.18 Å². The summed E-state index contributed by atoms with van der Waals surface area (Å²) in [7, 11) is 0. The number of rotatable bonds is 6. The third kappa shape index (κ3) is 4.12. The first-order valence-corrected chi connectivity index (χ1v) is 11.0. The maximum absolute atomic E-state index is 13.9. The van der Waals surface area contributed by atoms with Gasteiger partial charge in [0.2, 0.25) is 0 Å². The summed E-state index contributed by atoms with van der Waals surface area (Å²) in [5.74, 6) is -0.929. The quantitative estimate of drug-likeness (QED) is 0.411. The van der Waals surface area contributed by atoms with Crippen molar-refractivity contribution in [3.63, 3.8) is 0 Å². The Hall–Kier alpha value is -4.13. The van der Waals surface area contributed by atoms with Crippen molar-refractivity contribution in [3.8, 4) is 16.9 Å². The number of nitrogens with zero attached hydrogens (tertiary/aromatic N) is 1. The van der Waals surface area contributed by atoms with Crippen LogP contribution < -0.4 is 4.74 Å². The Morgan fingerprint density at radius 2 is 1.91 bits per heavy atom. The van der Waals surface area contributed by atoms with Crippen LogP contribution in [-0.4, -0.2) is 34.5 Å². The number of hydrogen-bond acceptors (Lipinski definition) is 4. The first-order chi connectivity index (χ1) is 16.5. The third-order valence-corrected chi connectivity index (χ3v) is 6.11. The summed E-state index contributed by atoms with van der Waals surface area (Å²) in [6.45, 7) is 0.697. The highest BCUT2D eigenvalue weighted by Gasteiger charge is 2.34. The molecule has 1 amide bonds. The van der Waals surface area contributed by atoms with Crippen LogP contribution in [0.15, 0.2) is 77.4 Å². The van der Waals surface area contributed by atoms with Crippen LogP contribution in [0.1, 0.15) is 28.8 Å². The number of carboxylic acid groups (broad SMARTS) is 1. The third-order valence-electron chi connectivity index (χ3n) is 6.11. The van der Waals surface area contributed by atoms with E-state index < -0.39 is 12.0 Å². The predicted octanol–water partition coefficient (Wildman–Crippen LogP) is 5.51. The first-order valence-electron chi connectivity index (χ1n) is 11.0. The lowest BCUT2D eigenvalue weighted by Crippen LogP contribution is -2.40. The summed E-state index contributed by atoms with van der Waals surface area (Å²) >= 11 is 0. The number of furan rings is 1. The second kappa shape index (κ2) is 9.02. The Kier molecular flexibility index (Phi) is 5.76. The lowest BCUT2D eigenvalue weighted by molar-refractivity contribution is -0.141. The Bertz CT molecular complexity index is 1360.